The molecule has 0 aromatic heterocycles. The summed E-state index contributed by atoms with van der Waals surface area (Å²) >= 11 is 0. The van der Waals surface area contributed by atoms with Crippen molar-refractivity contribution in [1.29, 1.82) is 0 Å². The molecule has 0 radical (unpaired) electrons. The van der Waals surface area contributed by atoms with Crippen LogP contribution in [-0.4, -0.2) is 83.9 Å². The van der Waals surface area contributed by atoms with E-state index in [1.54, 1.807) is 24.1 Å². The molecule has 2 aromatic rings. The molecule has 58 heavy (non-hydrogen) atoms. The number of hydrogen-bond donors (Lipinski definition) is 3. The molecule has 1 aliphatic heterocycles. The largest absolute Gasteiger partial charge is 0.459 e. The Kier molecular flexibility index (Phi) is 15.1. The minimum Gasteiger partial charge on any atom is -0.459 e. The lowest BCUT2D eigenvalue weighted by molar-refractivity contribution is -0.254. The third-order valence-corrected chi connectivity index (χ3v) is 10.9. The number of allylic oxidation sites excluding steroid dienone is 1. The van der Waals surface area contributed by atoms with Gasteiger partial charge in [0.15, 0.2) is 0 Å². The Morgan fingerprint density at radius 2 is 1.72 bits per heavy atom. The molecule has 1 heterocycles. The van der Waals surface area contributed by atoms with Crippen molar-refractivity contribution in [2.45, 2.75) is 116 Å². The smallest absolute Gasteiger partial charge is 0.412 e. The van der Waals surface area contributed by atoms with Crippen LogP contribution in [0.5, 0.6) is 11.5 Å². The molecule has 12 nitrogen and oxygen atoms in total. The zero-order valence-electron chi connectivity index (χ0n) is 35.5. The van der Waals surface area contributed by atoms with Gasteiger partial charge in [0, 0.05) is 44.7 Å². The first kappa shape index (κ1) is 44.7. The van der Waals surface area contributed by atoms with Crippen molar-refractivity contribution in [3.05, 3.63) is 84.0 Å². The van der Waals surface area contributed by atoms with Crippen LogP contribution in [0.4, 0.5) is 9.59 Å². The number of benzene rings is 2. The van der Waals surface area contributed by atoms with Gasteiger partial charge in [0.2, 0.25) is 5.79 Å². The number of likely N-dealkylation sites (N-methyl/N-ethyl adjacent to an activating group) is 1. The normalized spacial score (nSPS) is 24.4. The number of amides is 2. The summed E-state index contributed by atoms with van der Waals surface area (Å²) in [4.78, 5) is 34.9. The van der Waals surface area contributed by atoms with Gasteiger partial charge >= 0.3 is 12.2 Å². The highest BCUT2D eigenvalue weighted by Crippen LogP contribution is 2.62. The number of nitrogens with zero attached hydrogens (tertiary/aromatic N) is 2. The van der Waals surface area contributed by atoms with Crippen LogP contribution >= 0.6 is 0 Å². The highest BCUT2D eigenvalue weighted by molar-refractivity contribution is 6.03. The third kappa shape index (κ3) is 11.0. The van der Waals surface area contributed by atoms with E-state index in [9.17, 15) is 19.8 Å². The summed E-state index contributed by atoms with van der Waals surface area (Å²) in [5, 5.41) is 27.4. The molecule has 12 heteroatoms. The Labute approximate surface area is 344 Å². The second kappa shape index (κ2) is 19.6. The molecular weight excluding hydrogens is 739 g/mol. The number of aliphatic hydroxyl groups excluding tert-OH is 2. The van der Waals surface area contributed by atoms with Crippen LogP contribution in [0.25, 0.3) is 0 Å². The fourth-order valence-corrected chi connectivity index (χ4v) is 8.40. The van der Waals surface area contributed by atoms with Gasteiger partial charge in [-0.1, -0.05) is 81.3 Å². The highest BCUT2D eigenvalue weighted by Gasteiger charge is 2.65. The van der Waals surface area contributed by atoms with E-state index < -0.39 is 35.5 Å². The molecule has 6 atom stereocenters. The number of carbonyl (C=O) groups excluding carboxylic acids is 2. The first-order chi connectivity index (χ1) is 27.6. The zero-order chi connectivity index (χ0) is 42.1. The number of ether oxygens (including phenoxy) is 4. The van der Waals surface area contributed by atoms with E-state index in [1.165, 1.54) is 0 Å². The average molecular weight is 804 g/mol. The summed E-state index contributed by atoms with van der Waals surface area (Å²) in [7, 11) is 1.71. The summed E-state index contributed by atoms with van der Waals surface area (Å²) in [6, 6.07) is 14.3. The summed E-state index contributed by atoms with van der Waals surface area (Å²) in [5.41, 5.74) is 2.53. The molecule has 2 amide bonds. The summed E-state index contributed by atoms with van der Waals surface area (Å²) in [6.45, 7) is 16.6. The fourth-order valence-electron chi connectivity index (χ4n) is 8.40. The second-order valence-electron chi connectivity index (χ2n) is 17.9. The van der Waals surface area contributed by atoms with Crippen LogP contribution in [0, 0.1) is 23.2 Å². The van der Waals surface area contributed by atoms with Gasteiger partial charge in [-0.2, -0.15) is 0 Å². The second-order valence-corrected chi connectivity index (χ2v) is 17.9. The summed E-state index contributed by atoms with van der Waals surface area (Å²) in [5.74, 6) is -1.23. The van der Waals surface area contributed by atoms with Crippen molar-refractivity contribution < 1.29 is 43.6 Å². The SMILES string of the molecule is C=CCOC12Oc3ccc(OC(=O)NCc4ccccc4)cc3C3C(CCCCO)C(CCCCO)C=C(C(=NOC(C)(C)C)CC1N(C)C(=O)OCC(C)(C)C)C32. The van der Waals surface area contributed by atoms with Crippen LogP contribution in [-0.2, 0) is 20.9 Å². The minimum absolute atomic E-state index is 0.0113. The van der Waals surface area contributed by atoms with Gasteiger partial charge in [-0.05, 0) is 93.0 Å². The van der Waals surface area contributed by atoms with Crippen molar-refractivity contribution in [3.8, 4) is 11.5 Å². The Balaban J connectivity index is 1.69. The third-order valence-electron chi connectivity index (χ3n) is 10.9. The highest BCUT2D eigenvalue weighted by atomic mass is 16.7. The Hall–Kier alpha value is -4.39. The number of unbranched alkanes of at least 4 members (excludes halogenated alkanes) is 2. The number of nitrogens with one attached hydrogen (secondary N) is 1. The first-order valence-corrected chi connectivity index (χ1v) is 20.8. The van der Waals surface area contributed by atoms with Crippen molar-refractivity contribution in [2.75, 3.05) is 33.5 Å². The first-order valence-electron chi connectivity index (χ1n) is 20.8. The topological polar surface area (TPSA) is 148 Å². The Morgan fingerprint density at radius 3 is 2.38 bits per heavy atom. The lowest BCUT2D eigenvalue weighted by atomic mass is 9.55. The molecule has 6 unspecified atom stereocenters. The van der Waals surface area contributed by atoms with E-state index in [2.05, 4.69) is 18.0 Å². The van der Waals surface area contributed by atoms with Crippen LogP contribution in [0.1, 0.15) is 104 Å². The van der Waals surface area contributed by atoms with Gasteiger partial charge in [0.25, 0.3) is 0 Å². The van der Waals surface area contributed by atoms with Gasteiger partial charge in [-0.25, -0.2) is 9.59 Å². The number of hydrogen-bond acceptors (Lipinski definition) is 10. The lowest BCUT2D eigenvalue weighted by Gasteiger charge is -2.59. The number of aliphatic hydroxyl groups is 2. The fraction of sp³-hybridized carbons (Fsp3) is 0.587. The molecule has 5 rings (SSSR count). The molecular formula is C46H65N3O9. The monoisotopic (exact) mass is 803 g/mol. The van der Waals surface area contributed by atoms with E-state index in [0.717, 1.165) is 42.4 Å². The molecule has 2 aromatic carbocycles. The van der Waals surface area contributed by atoms with Crippen LogP contribution in [0.2, 0.25) is 0 Å². The standard InChI is InChI=1S/C46H65N3O9/c1-9-25-55-46-39(49(8)43(53)54-30-44(2,3)4)28-37(48-58-45(5,6)7)35-26-32(19-13-15-23-50)34(20-14-16-24-51)40(41(35)46)36-27-33(21-22-38(36)57-46)56-42(52)47-29-31-17-11-10-12-18-31/h9-12,17-18,21-22,26-27,32,34,39-41,50-51H,1,13-16,19-20,23-25,28-30H2,2-8H3,(H,47,52). The van der Waals surface area contributed by atoms with Crippen LogP contribution in [0.15, 0.2) is 78.0 Å². The quantitative estimate of drug-likeness (QED) is 0.0813. The number of oxime groups is 1. The van der Waals surface area contributed by atoms with Gasteiger partial charge in [-0.3, -0.25) is 0 Å². The van der Waals surface area contributed by atoms with Crippen molar-refractivity contribution >= 4 is 17.9 Å². The summed E-state index contributed by atoms with van der Waals surface area (Å²) < 4.78 is 25.9. The van der Waals surface area contributed by atoms with Gasteiger partial charge in [-0.15, -0.1) is 6.58 Å². The van der Waals surface area contributed by atoms with E-state index >= 15 is 0 Å². The van der Waals surface area contributed by atoms with Crippen molar-refractivity contribution in [3.63, 3.8) is 0 Å². The molecule has 3 N–H and O–H groups in total. The van der Waals surface area contributed by atoms with Gasteiger partial charge < -0.3 is 44.2 Å². The number of rotatable bonds is 17. The number of carbonyl (C=O) groups is 2. The van der Waals surface area contributed by atoms with Crippen molar-refractivity contribution in [1.82, 2.24) is 10.2 Å². The lowest BCUT2D eigenvalue weighted by Crippen LogP contribution is -2.69. The minimum atomic E-state index is -1.42. The molecule has 318 valence electrons. The van der Waals surface area contributed by atoms with E-state index in [1.807, 2.05) is 84.0 Å². The molecule has 2 aliphatic carbocycles. The number of fused-ring (bicyclic) bond motifs is 2. The predicted molar refractivity (Wildman–Crippen MR) is 224 cm³/mol. The predicted octanol–water partition coefficient (Wildman–Crippen LogP) is 8.52. The van der Waals surface area contributed by atoms with E-state index in [4.69, 9.17) is 28.9 Å². The Bertz CT molecular complexity index is 1770. The molecule has 3 aliphatic rings. The molecule has 1 fully saturated rings. The molecule has 0 saturated heterocycles. The zero-order valence-corrected chi connectivity index (χ0v) is 35.5. The maximum Gasteiger partial charge on any atom is 0.412 e. The van der Waals surface area contributed by atoms with Crippen LogP contribution < -0.4 is 14.8 Å². The maximum atomic E-state index is 14.0. The molecule has 0 spiro atoms. The molecule has 0 bridgehead atoms. The van der Waals surface area contributed by atoms with E-state index in [-0.39, 0.29) is 56.0 Å². The maximum absolute atomic E-state index is 14.0. The average Bonchev–Trinajstić information content (AvgIpc) is 3.18. The van der Waals surface area contributed by atoms with Crippen LogP contribution in [0.3, 0.4) is 0 Å². The van der Waals surface area contributed by atoms with Gasteiger partial charge in [0.05, 0.1) is 24.8 Å². The van der Waals surface area contributed by atoms with Gasteiger partial charge in [0.1, 0.15) is 23.1 Å². The molecule has 1 saturated carbocycles. The van der Waals surface area contributed by atoms with Crippen molar-refractivity contribution in [2.24, 2.45) is 28.3 Å². The Morgan fingerprint density at radius 1 is 1.02 bits per heavy atom. The van der Waals surface area contributed by atoms with E-state index in [0.29, 0.717) is 36.6 Å². The summed E-state index contributed by atoms with van der Waals surface area (Å²) in [6.07, 6.45) is 7.58.